The quantitative estimate of drug-likeness (QED) is 0.894. The maximum atomic E-state index is 5.03. The highest BCUT2D eigenvalue weighted by molar-refractivity contribution is 5.41. The van der Waals surface area contributed by atoms with E-state index < -0.39 is 0 Å². The maximum Gasteiger partial charge on any atom is 0.321 e. The molecule has 1 saturated carbocycles. The molecule has 0 radical (unpaired) electrons. The van der Waals surface area contributed by atoms with Crippen LogP contribution in [0, 0.1) is 12.8 Å². The van der Waals surface area contributed by atoms with Crippen molar-refractivity contribution in [3.8, 4) is 0 Å². The van der Waals surface area contributed by atoms with Gasteiger partial charge in [-0.1, -0.05) is 5.16 Å². The first-order chi connectivity index (χ1) is 10.3. The van der Waals surface area contributed by atoms with Crippen molar-refractivity contribution in [2.45, 2.75) is 25.7 Å². The first-order valence-corrected chi connectivity index (χ1v) is 7.40. The number of anilines is 2. The van der Waals surface area contributed by atoms with E-state index in [1.807, 2.05) is 6.92 Å². The summed E-state index contributed by atoms with van der Waals surface area (Å²) in [5.74, 6) is 2.86. The summed E-state index contributed by atoms with van der Waals surface area (Å²) in [4.78, 5) is 6.37. The summed E-state index contributed by atoms with van der Waals surface area (Å²) in [7, 11) is 0. The van der Waals surface area contributed by atoms with Gasteiger partial charge in [0.05, 0.1) is 5.69 Å². The molecule has 1 N–H and O–H groups in total. The molecule has 21 heavy (non-hydrogen) atoms. The number of hydrogen-bond donors (Lipinski definition) is 1. The summed E-state index contributed by atoms with van der Waals surface area (Å²) >= 11 is 0. The zero-order valence-electron chi connectivity index (χ0n) is 12.0. The summed E-state index contributed by atoms with van der Waals surface area (Å²) in [5, 5.41) is 15.6. The molecule has 0 unspecified atom stereocenters. The lowest BCUT2D eigenvalue weighted by molar-refractivity contribution is 0.400. The summed E-state index contributed by atoms with van der Waals surface area (Å²) in [6, 6.07) is 4.71. The van der Waals surface area contributed by atoms with E-state index in [-0.39, 0.29) is 0 Å². The van der Waals surface area contributed by atoms with Crippen LogP contribution in [0.5, 0.6) is 0 Å². The van der Waals surface area contributed by atoms with Crippen molar-refractivity contribution in [2.24, 2.45) is 5.92 Å². The van der Waals surface area contributed by atoms with Gasteiger partial charge >= 0.3 is 6.01 Å². The second kappa shape index (κ2) is 4.98. The van der Waals surface area contributed by atoms with Gasteiger partial charge in [0, 0.05) is 31.5 Å². The summed E-state index contributed by atoms with van der Waals surface area (Å²) < 4.78 is 5.03. The molecule has 7 nitrogen and oxygen atoms in total. The first kappa shape index (κ1) is 12.6. The third-order valence-corrected chi connectivity index (χ3v) is 4.02. The molecular formula is C14H18N6O. The van der Waals surface area contributed by atoms with Crippen LogP contribution >= 0.6 is 0 Å². The average molecular weight is 286 g/mol. The second-order valence-corrected chi connectivity index (χ2v) is 5.89. The van der Waals surface area contributed by atoms with Gasteiger partial charge in [0.25, 0.3) is 0 Å². The van der Waals surface area contributed by atoms with E-state index in [1.54, 1.807) is 0 Å². The van der Waals surface area contributed by atoms with Crippen LogP contribution in [0.15, 0.2) is 16.7 Å². The fourth-order valence-electron chi connectivity index (χ4n) is 2.59. The molecule has 1 saturated heterocycles. The van der Waals surface area contributed by atoms with Gasteiger partial charge < -0.3 is 14.7 Å². The van der Waals surface area contributed by atoms with Crippen molar-refractivity contribution in [3.63, 3.8) is 0 Å². The third kappa shape index (κ3) is 2.68. The highest BCUT2D eigenvalue weighted by atomic mass is 16.5. The Morgan fingerprint density at radius 3 is 2.76 bits per heavy atom. The highest BCUT2D eigenvalue weighted by Gasteiger charge is 2.29. The van der Waals surface area contributed by atoms with Crippen LogP contribution in [-0.2, 0) is 0 Å². The summed E-state index contributed by atoms with van der Waals surface area (Å²) in [5.41, 5.74) is 1.14. The van der Waals surface area contributed by atoms with Crippen molar-refractivity contribution in [1.29, 1.82) is 0 Å². The van der Waals surface area contributed by atoms with Crippen LogP contribution in [0.25, 0.3) is 0 Å². The molecule has 2 aromatic rings. The number of rotatable bonds is 5. The minimum atomic E-state index is 0.500. The molecule has 2 fully saturated rings. The summed E-state index contributed by atoms with van der Waals surface area (Å²) in [6.07, 6.45) is 2.53. The topological polar surface area (TPSA) is 80.0 Å². The van der Waals surface area contributed by atoms with Gasteiger partial charge in [-0.05, 0) is 31.9 Å². The molecule has 3 heterocycles. The van der Waals surface area contributed by atoms with E-state index in [2.05, 4.69) is 42.7 Å². The molecule has 0 spiro atoms. The van der Waals surface area contributed by atoms with E-state index in [4.69, 9.17) is 4.52 Å². The highest BCUT2D eigenvalue weighted by Crippen LogP contribution is 2.38. The Bertz CT molecular complexity index is 615. The van der Waals surface area contributed by atoms with Crippen molar-refractivity contribution < 1.29 is 4.52 Å². The van der Waals surface area contributed by atoms with Gasteiger partial charge in [0.1, 0.15) is 0 Å². The lowest BCUT2D eigenvalue weighted by Gasteiger charge is -2.39. The monoisotopic (exact) mass is 286 g/mol. The van der Waals surface area contributed by atoms with Crippen LogP contribution in [0.4, 0.5) is 11.8 Å². The zero-order valence-corrected chi connectivity index (χ0v) is 12.0. The van der Waals surface area contributed by atoms with Crippen molar-refractivity contribution in [1.82, 2.24) is 20.3 Å². The van der Waals surface area contributed by atoms with Gasteiger partial charge in [-0.15, -0.1) is 5.10 Å². The lowest BCUT2D eigenvalue weighted by atomic mass is 10.0. The fourth-order valence-corrected chi connectivity index (χ4v) is 2.59. The van der Waals surface area contributed by atoms with Crippen LogP contribution < -0.4 is 10.2 Å². The van der Waals surface area contributed by atoms with Crippen LogP contribution in [0.2, 0.25) is 0 Å². The predicted octanol–water partition coefficient (Wildman–Crippen LogP) is 1.59. The number of nitrogens with one attached hydrogen (secondary N) is 1. The minimum absolute atomic E-state index is 0.500. The molecule has 1 aliphatic heterocycles. The molecule has 0 aromatic carbocycles. The largest absolute Gasteiger partial charge is 0.354 e. The number of aromatic nitrogens is 4. The molecule has 1 aliphatic carbocycles. The Kier molecular flexibility index (Phi) is 2.98. The van der Waals surface area contributed by atoms with E-state index in [0.29, 0.717) is 23.7 Å². The number of hydrogen-bond acceptors (Lipinski definition) is 7. The molecule has 0 atom stereocenters. The zero-order chi connectivity index (χ0) is 14.2. The van der Waals surface area contributed by atoms with E-state index in [1.165, 1.54) is 12.8 Å². The average Bonchev–Trinajstić information content (AvgIpc) is 3.21. The lowest BCUT2D eigenvalue weighted by Crippen LogP contribution is -2.50. The normalized spacial score (nSPS) is 18.6. The van der Waals surface area contributed by atoms with Crippen molar-refractivity contribution in [3.05, 3.63) is 23.7 Å². The Morgan fingerprint density at radius 2 is 2.14 bits per heavy atom. The molecular weight excluding hydrogens is 268 g/mol. The van der Waals surface area contributed by atoms with Gasteiger partial charge in [0.15, 0.2) is 11.6 Å². The second-order valence-electron chi connectivity index (χ2n) is 5.89. The maximum absolute atomic E-state index is 5.03. The minimum Gasteiger partial charge on any atom is -0.354 e. The third-order valence-electron chi connectivity index (χ3n) is 4.02. The standard InChI is InChI=1S/C14H18N6O/c1-9-16-14(21-19-9)15-6-10-7-20(8-10)13-5-4-12(17-18-13)11-2-3-11/h4-5,10-11H,2-3,6-8H2,1H3,(H,15,16,19). The van der Waals surface area contributed by atoms with E-state index in [9.17, 15) is 0 Å². The summed E-state index contributed by atoms with van der Waals surface area (Å²) in [6.45, 7) is 4.62. The molecule has 7 heteroatoms. The van der Waals surface area contributed by atoms with Crippen LogP contribution in [0.1, 0.15) is 30.3 Å². The Labute approximate surface area is 122 Å². The van der Waals surface area contributed by atoms with E-state index in [0.717, 1.165) is 31.1 Å². The Balaban J connectivity index is 1.26. The van der Waals surface area contributed by atoms with Gasteiger partial charge in [0.2, 0.25) is 0 Å². The first-order valence-electron chi connectivity index (χ1n) is 7.40. The number of aryl methyl sites for hydroxylation is 1. The van der Waals surface area contributed by atoms with Crippen molar-refractivity contribution in [2.75, 3.05) is 29.9 Å². The fraction of sp³-hybridized carbons (Fsp3) is 0.571. The molecule has 2 aliphatic rings. The van der Waals surface area contributed by atoms with Crippen LogP contribution in [-0.4, -0.2) is 40.0 Å². The SMILES string of the molecule is Cc1noc(NCC2CN(c3ccc(C4CC4)nn3)C2)n1. The van der Waals surface area contributed by atoms with E-state index >= 15 is 0 Å². The molecule has 2 aromatic heterocycles. The molecule has 0 bridgehead atoms. The molecule has 110 valence electrons. The van der Waals surface area contributed by atoms with Crippen molar-refractivity contribution >= 4 is 11.8 Å². The van der Waals surface area contributed by atoms with Gasteiger partial charge in [-0.2, -0.15) is 10.1 Å². The smallest absolute Gasteiger partial charge is 0.321 e. The van der Waals surface area contributed by atoms with Crippen LogP contribution in [0.3, 0.4) is 0 Å². The Hall–Kier alpha value is -2.18. The Morgan fingerprint density at radius 1 is 1.29 bits per heavy atom. The predicted molar refractivity (Wildman–Crippen MR) is 77.2 cm³/mol. The number of nitrogens with zero attached hydrogens (tertiary/aromatic N) is 5. The van der Waals surface area contributed by atoms with Gasteiger partial charge in [-0.25, -0.2) is 0 Å². The van der Waals surface area contributed by atoms with Gasteiger partial charge in [-0.3, -0.25) is 0 Å². The molecule has 4 rings (SSSR count). The molecule has 0 amide bonds.